The molecule has 0 bridgehead atoms. The molecule has 1 unspecified atom stereocenters. The molecule has 0 aliphatic carbocycles. The summed E-state index contributed by atoms with van der Waals surface area (Å²) >= 11 is 0. The Hall–Kier alpha value is -1.20. The predicted octanol–water partition coefficient (Wildman–Crippen LogP) is 1.63. The first kappa shape index (κ1) is 11.3. The molecule has 0 aromatic heterocycles. The summed E-state index contributed by atoms with van der Waals surface area (Å²) in [6.07, 6.45) is -0.367. The van der Waals surface area contributed by atoms with Crippen molar-refractivity contribution < 1.29 is 18.3 Å². The average Bonchev–Trinajstić information content (AvgIpc) is 2.29. The minimum atomic E-state index is -0.702. The Bertz CT molecular complexity index is 378. The Morgan fingerprint density at radius 1 is 1.44 bits per heavy atom. The van der Waals surface area contributed by atoms with Crippen LogP contribution in [0.25, 0.3) is 0 Å². The molecule has 0 spiro atoms. The molecule has 2 rings (SSSR count). The number of morpholine rings is 1. The van der Waals surface area contributed by atoms with Crippen LogP contribution >= 0.6 is 0 Å². The van der Waals surface area contributed by atoms with E-state index in [2.05, 4.69) is 5.32 Å². The standard InChI is InChI=1S/C11H13F2NO2/c1-15-11-8(4-7(12)5-9(11)13)10-6-14-2-3-16-10/h4-5,10,14H,2-3,6H2,1H3. The van der Waals surface area contributed by atoms with Gasteiger partial charge >= 0.3 is 0 Å². The maximum atomic E-state index is 13.4. The van der Waals surface area contributed by atoms with Crippen molar-refractivity contribution in [2.45, 2.75) is 6.10 Å². The SMILES string of the molecule is COc1c(F)cc(F)cc1C1CNCCO1. The van der Waals surface area contributed by atoms with Gasteiger partial charge in [-0.05, 0) is 6.07 Å². The van der Waals surface area contributed by atoms with Crippen molar-refractivity contribution in [3.8, 4) is 5.75 Å². The molecule has 0 amide bonds. The van der Waals surface area contributed by atoms with Gasteiger partial charge in [0, 0.05) is 24.7 Å². The lowest BCUT2D eigenvalue weighted by molar-refractivity contribution is 0.0257. The minimum absolute atomic E-state index is 0.0510. The van der Waals surface area contributed by atoms with Crippen molar-refractivity contribution in [2.75, 3.05) is 26.8 Å². The first-order valence-electron chi connectivity index (χ1n) is 5.07. The molecule has 0 radical (unpaired) electrons. The number of benzene rings is 1. The fourth-order valence-corrected chi connectivity index (χ4v) is 1.80. The Morgan fingerprint density at radius 3 is 2.88 bits per heavy atom. The fraction of sp³-hybridized carbons (Fsp3) is 0.455. The molecule has 88 valence electrons. The van der Waals surface area contributed by atoms with Crippen LogP contribution < -0.4 is 10.1 Å². The third-order valence-corrected chi connectivity index (χ3v) is 2.52. The molecule has 1 aliphatic rings. The fourth-order valence-electron chi connectivity index (χ4n) is 1.80. The van der Waals surface area contributed by atoms with Crippen LogP contribution in [0.3, 0.4) is 0 Å². The van der Waals surface area contributed by atoms with Gasteiger partial charge in [-0.2, -0.15) is 0 Å². The largest absolute Gasteiger partial charge is 0.493 e. The van der Waals surface area contributed by atoms with Crippen LogP contribution in [0.1, 0.15) is 11.7 Å². The Kier molecular flexibility index (Phi) is 3.36. The van der Waals surface area contributed by atoms with Gasteiger partial charge in [-0.1, -0.05) is 0 Å². The summed E-state index contributed by atoms with van der Waals surface area (Å²) in [5.74, 6) is -1.27. The molecule has 0 saturated carbocycles. The van der Waals surface area contributed by atoms with Gasteiger partial charge in [-0.3, -0.25) is 0 Å². The van der Waals surface area contributed by atoms with Gasteiger partial charge in [0.15, 0.2) is 11.6 Å². The quantitative estimate of drug-likeness (QED) is 0.836. The van der Waals surface area contributed by atoms with Crippen molar-refractivity contribution in [1.82, 2.24) is 5.32 Å². The van der Waals surface area contributed by atoms with Crippen LogP contribution in [0, 0.1) is 11.6 Å². The molecular formula is C11H13F2NO2. The highest BCUT2D eigenvalue weighted by atomic mass is 19.1. The molecule has 1 atom stereocenters. The van der Waals surface area contributed by atoms with Crippen molar-refractivity contribution >= 4 is 0 Å². The van der Waals surface area contributed by atoms with E-state index in [9.17, 15) is 8.78 Å². The predicted molar refractivity (Wildman–Crippen MR) is 54.5 cm³/mol. The summed E-state index contributed by atoms with van der Waals surface area (Å²) in [6, 6.07) is 2.05. The monoisotopic (exact) mass is 229 g/mol. The van der Waals surface area contributed by atoms with E-state index in [1.807, 2.05) is 0 Å². The Morgan fingerprint density at radius 2 is 2.25 bits per heavy atom. The number of ether oxygens (including phenoxy) is 2. The normalized spacial score (nSPS) is 20.8. The number of rotatable bonds is 2. The molecule has 1 saturated heterocycles. The van der Waals surface area contributed by atoms with Gasteiger partial charge in [0.1, 0.15) is 5.82 Å². The molecule has 1 aromatic rings. The van der Waals surface area contributed by atoms with E-state index in [-0.39, 0.29) is 11.9 Å². The zero-order valence-corrected chi connectivity index (χ0v) is 8.93. The van der Waals surface area contributed by atoms with Crippen molar-refractivity contribution in [3.63, 3.8) is 0 Å². The smallest absolute Gasteiger partial charge is 0.168 e. The van der Waals surface area contributed by atoms with E-state index in [0.717, 1.165) is 12.6 Å². The number of hydrogen-bond donors (Lipinski definition) is 1. The zero-order valence-electron chi connectivity index (χ0n) is 8.93. The average molecular weight is 229 g/mol. The van der Waals surface area contributed by atoms with E-state index in [4.69, 9.17) is 9.47 Å². The summed E-state index contributed by atoms with van der Waals surface area (Å²) < 4.78 is 36.9. The second kappa shape index (κ2) is 4.76. The maximum absolute atomic E-state index is 13.4. The zero-order chi connectivity index (χ0) is 11.5. The Labute approximate surface area is 92.4 Å². The van der Waals surface area contributed by atoms with Crippen LogP contribution in [0.4, 0.5) is 8.78 Å². The van der Waals surface area contributed by atoms with Gasteiger partial charge in [0.2, 0.25) is 0 Å². The third-order valence-electron chi connectivity index (χ3n) is 2.52. The summed E-state index contributed by atoms with van der Waals surface area (Å²) in [7, 11) is 1.36. The van der Waals surface area contributed by atoms with E-state index in [1.165, 1.54) is 13.2 Å². The number of methoxy groups -OCH3 is 1. The molecule has 1 fully saturated rings. The second-order valence-corrected chi connectivity index (χ2v) is 3.57. The third kappa shape index (κ3) is 2.15. The number of halogens is 2. The van der Waals surface area contributed by atoms with Crippen molar-refractivity contribution in [2.24, 2.45) is 0 Å². The van der Waals surface area contributed by atoms with Crippen molar-refractivity contribution in [1.29, 1.82) is 0 Å². The molecule has 5 heteroatoms. The lowest BCUT2D eigenvalue weighted by Crippen LogP contribution is -2.33. The molecule has 1 aliphatic heterocycles. The number of hydrogen-bond acceptors (Lipinski definition) is 3. The topological polar surface area (TPSA) is 30.5 Å². The highest BCUT2D eigenvalue weighted by Crippen LogP contribution is 2.31. The minimum Gasteiger partial charge on any atom is -0.493 e. The van der Waals surface area contributed by atoms with Gasteiger partial charge in [0.05, 0.1) is 19.8 Å². The second-order valence-electron chi connectivity index (χ2n) is 3.57. The van der Waals surface area contributed by atoms with Crippen LogP contribution in [-0.4, -0.2) is 26.8 Å². The lowest BCUT2D eigenvalue weighted by atomic mass is 10.1. The van der Waals surface area contributed by atoms with Gasteiger partial charge in [0.25, 0.3) is 0 Å². The summed E-state index contributed by atoms with van der Waals surface area (Å²) in [5.41, 5.74) is 0.409. The molecule has 1 N–H and O–H groups in total. The van der Waals surface area contributed by atoms with Crippen LogP contribution in [0.5, 0.6) is 5.75 Å². The van der Waals surface area contributed by atoms with E-state index >= 15 is 0 Å². The molecule has 16 heavy (non-hydrogen) atoms. The number of nitrogens with one attached hydrogen (secondary N) is 1. The summed E-state index contributed by atoms with van der Waals surface area (Å²) in [5, 5.41) is 3.10. The molecule has 3 nitrogen and oxygen atoms in total. The van der Waals surface area contributed by atoms with Crippen molar-refractivity contribution in [3.05, 3.63) is 29.3 Å². The highest BCUT2D eigenvalue weighted by Gasteiger charge is 2.22. The lowest BCUT2D eigenvalue weighted by Gasteiger charge is -2.25. The Balaban J connectivity index is 2.36. The summed E-state index contributed by atoms with van der Waals surface area (Å²) in [4.78, 5) is 0. The van der Waals surface area contributed by atoms with E-state index in [1.54, 1.807) is 0 Å². The van der Waals surface area contributed by atoms with E-state index < -0.39 is 11.6 Å². The van der Waals surface area contributed by atoms with Crippen LogP contribution in [0.15, 0.2) is 12.1 Å². The van der Waals surface area contributed by atoms with Gasteiger partial charge in [-0.25, -0.2) is 8.78 Å². The molecular weight excluding hydrogens is 216 g/mol. The first-order valence-corrected chi connectivity index (χ1v) is 5.07. The maximum Gasteiger partial charge on any atom is 0.168 e. The van der Waals surface area contributed by atoms with Crippen LogP contribution in [0.2, 0.25) is 0 Å². The highest BCUT2D eigenvalue weighted by molar-refractivity contribution is 5.37. The van der Waals surface area contributed by atoms with Crippen LogP contribution in [-0.2, 0) is 4.74 Å². The van der Waals surface area contributed by atoms with Gasteiger partial charge in [-0.15, -0.1) is 0 Å². The summed E-state index contributed by atoms with van der Waals surface area (Å²) in [6.45, 7) is 1.79. The van der Waals surface area contributed by atoms with Gasteiger partial charge < -0.3 is 14.8 Å². The van der Waals surface area contributed by atoms with E-state index in [0.29, 0.717) is 18.7 Å². The molecule has 1 heterocycles. The first-order chi connectivity index (χ1) is 7.72. The molecule has 1 aromatic carbocycles.